The van der Waals surface area contributed by atoms with Crippen LogP contribution in [0.3, 0.4) is 0 Å². The Morgan fingerprint density at radius 2 is 1.83 bits per heavy atom. The second kappa shape index (κ2) is 7.75. The summed E-state index contributed by atoms with van der Waals surface area (Å²) in [6, 6.07) is 11.7. The van der Waals surface area contributed by atoms with Crippen molar-refractivity contribution in [2.24, 2.45) is 0 Å². The van der Waals surface area contributed by atoms with E-state index in [1.54, 1.807) is 0 Å². The molecule has 1 aromatic carbocycles. The smallest absolute Gasteiger partial charge is 0.223 e. The fraction of sp³-hybridized carbons (Fsp3) is 0.375. The van der Waals surface area contributed by atoms with Crippen molar-refractivity contribution < 1.29 is 4.74 Å². The topological polar surface area (TPSA) is 88.3 Å². The van der Waals surface area contributed by atoms with Gasteiger partial charge in [-0.15, -0.1) is 0 Å². The maximum Gasteiger partial charge on any atom is 0.223 e. The number of nitrogens with one attached hydrogen (secondary N) is 2. The fourth-order valence-corrected chi connectivity index (χ4v) is 2.46. The molecule has 1 aliphatic rings. The van der Waals surface area contributed by atoms with Gasteiger partial charge < -0.3 is 21.1 Å². The monoisotopic (exact) mass is 314 g/mol. The average molecular weight is 314 g/mol. The molecule has 3 rings (SSSR count). The number of benzene rings is 1. The standard InChI is InChI=1S/C16H22N6O/c17-16-20-14(18-6-7-22-8-10-23-11-9-22)12-15(21-16)19-13-4-2-1-3-5-13/h1-5,12H,6-11H2,(H4,17,18,19,20,21). The van der Waals surface area contributed by atoms with E-state index in [0.29, 0.717) is 5.82 Å². The molecule has 1 aliphatic heterocycles. The summed E-state index contributed by atoms with van der Waals surface area (Å²) in [6.45, 7) is 5.34. The molecule has 0 saturated carbocycles. The summed E-state index contributed by atoms with van der Waals surface area (Å²) in [6.07, 6.45) is 0. The van der Waals surface area contributed by atoms with Gasteiger partial charge in [0.05, 0.1) is 13.2 Å². The highest BCUT2D eigenvalue weighted by atomic mass is 16.5. The molecule has 0 radical (unpaired) electrons. The third-order valence-electron chi connectivity index (χ3n) is 3.63. The lowest BCUT2D eigenvalue weighted by Gasteiger charge is -2.26. The fourth-order valence-electron chi connectivity index (χ4n) is 2.46. The van der Waals surface area contributed by atoms with Crippen molar-refractivity contribution in [1.82, 2.24) is 14.9 Å². The zero-order valence-corrected chi connectivity index (χ0v) is 13.0. The Kier molecular flexibility index (Phi) is 5.23. The highest BCUT2D eigenvalue weighted by molar-refractivity contribution is 5.60. The van der Waals surface area contributed by atoms with Crippen molar-refractivity contribution in [2.75, 3.05) is 55.8 Å². The molecule has 0 bridgehead atoms. The van der Waals surface area contributed by atoms with Crippen LogP contribution in [0.2, 0.25) is 0 Å². The lowest BCUT2D eigenvalue weighted by molar-refractivity contribution is 0.0398. The van der Waals surface area contributed by atoms with E-state index in [0.717, 1.165) is 50.9 Å². The molecule has 0 aliphatic carbocycles. The summed E-state index contributed by atoms with van der Waals surface area (Å²) in [5, 5.41) is 6.53. The summed E-state index contributed by atoms with van der Waals surface area (Å²) in [4.78, 5) is 10.8. The first-order valence-corrected chi connectivity index (χ1v) is 7.80. The molecule has 7 heteroatoms. The number of rotatable bonds is 6. The van der Waals surface area contributed by atoms with Gasteiger partial charge in [-0.05, 0) is 12.1 Å². The third kappa shape index (κ3) is 4.80. The van der Waals surface area contributed by atoms with Gasteiger partial charge in [-0.25, -0.2) is 0 Å². The van der Waals surface area contributed by atoms with Gasteiger partial charge in [0.25, 0.3) is 0 Å². The van der Waals surface area contributed by atoms with E-state index in [-0.39, 0.29) is 5.95 Å². The predicted molar refractivity (Wildman–Crippen MR) is 91.9 cm³/mol. The van der Waals surface area contributed by atoms with E-state index in [1.807, 2.05) is 36.4 Å². The number of ether oxygens (including phenoxy) is 1. The first kappa shape index (κ1) is 15.5. The van der Waals surface area contributed by atoms with Gasteiger partial charge >= 0.3 is 0 Å². The summed E-state index contributed by atoms with van der Waals surface area (Å²) >= 11 is 0. The van der Waals surface area contributed by atoms with Crippen molar-refractivity contribution >= 4 is 23.3 Å². The largest absolute Gasteiger partial charge is 0.379 e. The molecule has 0 amide bonds. The van der Waals surface area contributed by atoms with Crippen LogP contribution in [-0.2, 0) is 4.74 Å². The van der Waals surface area contributed by atoms with Gasteiger partial charge in [0.2, 0.25) is 5.95 Å². The molecule has 0 atom stereocenters. The number of nitrogens with zero attached hydrogens (tertiary/aromatic N) is 3. The molecular formula is C16H22N6O. The van der Waals surface area contributed by atoms with Gasteiger partial charge in [0, 0.05) is 37.9 Å². The Morgan fingerprint density at radius 1 is 1.09 bits per heavy atom. The number of nitrogens with two attached hydrogens (primary N) is 1. The highest BCUT2D eigenvalue weighted by Crippen LogP contribution is 2.17. The maximum atomic E-state index is 5.80. The first-order valence-electron chi connectivity index (χ1n) is 7.80. The Labute approximate surface area is 135 Å². The van der Waals surface area contributed by atoms with E-state index in [1.165, 1.54) is 0 Å². The lowest BCUT2D eigenvalue weighted by atomic mass is 10.3. The Balaban J connectivity index is 1.56. The minimum atomic E-state index is 0.250. The first-order chi connectivity index (χ1) is 11.3. The second-order valence-electron chi connectivity index (χ2n) is 5.37. The average Bonchev–Trinajstić information content (AvgIpc) is 2.56. The molecule has 23 heavy (non-hydrogen) atoms. The third-order valence-corrected chi connectivity index (χ3v) is 3.63. The molecule has 122 valence electrons. The number of anilines is 4. The van der Waals surface area contributed by atoms with E-state index in [4.69, 9.17) is 10.5 Å². The minimum absolute atomic E-state index is 0.250. The van der Waals surface area contributed by atoms with Crippen LogP contribution >= 0.6 is 0 Å². The molecule has 1 aromatic heterocycles. The summed E-state index contributed by atoms with van der Waals surface area (Å²) < 4.78 is 5.34. The van der Waals surface area contributed by atoms with Crippen molar-refractivity contribution in [2.45, 2.75) is 0 Å². The Morgan fingerprint density at radius 3 is 2.61 bits per heavy atom. The predicted octanol–water partition coefficient (Wildman–Crippen LogP) is 1.55. The number of hydrogen-bond acceptors (Lipinski definition) is 7. The zero-order chi connectivity index (χ0) is 15.9. The molecule has 1 fully saturated rings. The summed E-state index contributed by atoms with van der Waals surface area (Å²) in [5.41, 5.74) is 6.76. The van der Waals surface area contributed by atoms with Crippen LogP contribution in [0.1, 0.15) is 0 Å². The number of morpholine rings is 1. The van der Waals surface area contributed by atoms with E-state index >= 15 is 0 Å². The van der Waals surface area contributed by atoms with Crippen LogP contribution in [-0.4, -0.2) is 54.3 Å². The molecule has 7 nitrogen and oxygen atoms in total. The normalized spacial score (nSPS) is 15.3. The summed E-state index contributed by atoms with van der Waals surface area (Å²) in [7, 11) is 0. The Hall–Kier alpha value is -2.38. The van der Waals surface area contributed by atoms with Crippen molar-refractivity contribution in [3.05, 3.63) is 36.4 Å². The zero-order valence-electron chi connectivity index (χ0n) is 13.0. The number of aromatic nitrogens is 2. The molecular weight excluding hydrogens is 292 g/mol. The van der Waals surface area contributed by atoms with E-state index in [2.05, 4.69) is 25.5 Å². The number of para-hydroxylation sites is 1. The van der Waals surface area contributed by atoms with Crippen molar-refractivity contribution in [3.8, 4) is 0 Å². The lowest BCUT2D eigenvalue weighted by Crippen LogP contribution is -2.39. The van der Waals surface area contributed by atoms with Crippen LogP contribution in [0.25, 0.3) is 0 Å². The molecule has 4 N–H and O–H groups in total. The summed E-state index contributed by atoms with van der Waals surface area (Å²) in [5.74, 6) is 1.65. The van der Waals surface area contributed by atoms with Gasteiger partial charge in [-0.1, -0.05) is 18.2 Å². The quantitative estimate of drug-likeness (QED) is 0.745. The SMILES string of the molecule is Nc1nc(NCCN2CCOCC2)cc(Nc2ccccc2)n1. The molecule has 2 aromatic rings. The van der Waals surface area contributed by atoms with E-state index in [9.17, 15) is 0 Å². The minimum Gasteiger partial charge on any atom is -0.379 e. The molecule has 0 unspecified atom stereocenters. The van der Waals surface area contributed by atoms with Crippen LogP contribution in [0.5, 0.6) is 0 Å². The van der Waals surface area contributed by atoms with Crippen LogP contribution in [0, 0.1) is 0 Å². The van der Waals surface area contributed by atoms with Crippen molar-refractivity contribution in [1.29, 1.82) is 0 Å². The van der Waals surface area contributed by atoms with E-state index < -0.39 is 0 Å². The highest BCUT2D eigenvalue weighted by Gasteiger charge is 2.09. The van der Waals surface area contributed by atoms with Crippen LogP contribution in [0.15, 0.2) is 36.4 Å². The molecule has 1 saturated heterocycles. The van der Waals surface area contributed by atoms with Crippen LogP contribution < -0.4 is 16.4 Å². The Bertz CT molecular complexity index is 615. The van der Waals surface area contributed by atoms with Gasteiger partial charge in [-0.2, -0.15) is 9.97 Å². The van der Waals surface area contributed by atoms with Crippen LogP contribution in [0.4, 0.5) is 23.3 Å². The number of nitrogen functional groups attached to an aromatic ring is 1. The maximum absolute atomic E-state index is 5.80. The number of hydrogen-bond donors (Lipinski definition) is 3. The van der Waals surface area contributed by atoms with Gasteiger partial charge in [0.1, 0.15) is 11.6 Å². The molecule has 2 heterocycles. The van der Waals surface area contributed by atoms with Crippen molar-refractivity contribution in [3.63, 3.8) is 0 Å². The second-order valence-corrected chi connectivity index (χ2v) is 5.37. The van der Waals surface area contributed by atoms with Gasteiger partial charge in [0.15, 0.2) is 0 Å². The molecule has 0 spiro atoms. The van der Waals surface area contributed by atoms with Gasteiger partial charge in [-0.3, -0.25) is 4.90 Å².